The molecular weight excluding hydrogens is 244 g/mol. The molecule has 0 spiro atoms. The van der Waals surface area contributed by atoms with Crippen molar-refractivity contribution < 1.29 is 5.11 Å². The lowest BCUT2D eigenvalue weighted by Gasteiger charge is -2.23. The molecular formula is C14H24N2OS. The van der Waals surface area contributed by atoms with E-state index in [1.807, 2.05) is 0 Å². The quantitative estimate of drug-likeness (QED) is 0.913. The SMILES string of the molecule is CCC1CCCN1c1nc(C(C)(C)C)c(CO)s1. The maximum atomic E-state index is 9.51. The third-order valence-corrected chi connectivity index (χ3v) is 4.71. The highest BCUT2D eigenvalue weighted by atomic mass is 32.1. The van der Waals surface area contributed by atoms with E-state index in [0.717, 1.165) is 22.2 Å². The third-order valence-electron chi connectivity index (χ3n) is 3.63. The second-order valence-electron chi connectivity index (χ2n) is 6.07. The monoisotopic (exact) mass is 268 g/mol. The van der Waals surface area contributed by atoms with Gasteiger partial charge in [0.25, 0.3) is 0 Å². The predicted octanol–water partition coefficient (Wildman–Crippen LogP) is 3.31. The van der Waals surface area contributed by atoms with Gasteiger partial charge in [-0.15, -0.1) is 0 Å². The van der Waals surface area contributed by atoms with Crippen molar-refractivity contribution in [3.63, 3.8) is 0 Å². The second-order valence-corrected chi connectivity index (χ2v) is 7.14. The van der Waals surface area contributed by atoms with Crippen molar-refractivity contribution in [2.45, 2.75) is 65.0 Å². The van der Waals surface area contributed by atoms with Crippen LogP contribution in [0.2, 0.25) is 0 Å². The Balaban J connectivity index is 2.32. The van der Waals surface area contributed by atoms with Crippen LogP contribution in [0.25, 0.3) is 0 Å². The molecule has 1 saturated heterocycles. The van der Waals surface area contributed by atoms with Gasteiger partial charge in [-0.25, -0.2) is 4.98 Å². The highest BCUT2D eigenvalue weighted by molar-refractivity contribution is 7.15. The van der Waals surface area contributed by atoms with Crippen molar-refractivity contribution in [1.29, 1.82) is 0 Å². The first-order valence-corrected chi connectivity index (χ1v) is 7.66. The first kappa shape index (κ1) is 13.8. The molecule has 0 radical (unpaired) electrons. The van der Waals surface area contributed by atoms with E-state index < -0.39 is 0 Å². The zero-order valence-electron chi connectivity index (χ0n) is 11.9. The molecule has 4 heteroatoms. The Bertz CT molecular complexity index is 408. The second kappa shape index (κ2) is 5.17. The molecule has 0 aliphatic carbocycles. The van der Waals surface area contributed by atoms with Gasteiger partial charge >= 0.3 is 0 Å². The molecule has 0 saturated carbocycles. The van der Waals surface area contributed by atoms with Crippen molar-refractivity contribution in [3.05, 3.63) is 10.6 Å². The number of aliphatic hydroxyl groups is 1. The summed E-state index contributed by atoms with van der Waals surface area (Å²) >= 11 is 1.67. The minimum Gasteiger partial charge on any atom is -0.391 e. The Kier molecular flexibility index (Phi) is 3.97. The molecule has 1 aliphatic rings. The summed E-state index contributed by atoms with van der Waals surface area (Å²) in [6.07, 6.45) is 3.71. The minimum atomic E-state index is 0.00818. The summed E-state index contributed by atoms with van der Waals surface area (Å²) in [4.78, 5) is 8.27. The van der Waals surface area contributed by atoms with Gasteiger partial charge in [-0.3, -0.25) is 0 Å². The van der Waals surface area contributed by atoms with Crippen molar-refractivity contribution in [2.75, 3.05) is 11.4 Å². The van der Waals surface area contributed by atoms with E-state index in [-0.39, 0.29) is 12.0 Å². The lowest BCUT2D eigenvalue weighted by molar-refractivity contribution is 0.282. The first-order chi connectivity index (χ1) is 8.47. The normalized spacial score (nSPS) is 20.7. The summed E-state index contributed by atoms with van der Waals surface area (Å²) in [7, 11) is 0. The molecule has 1 fully saturated rings. The van der Waals surface area contributed by atoms with Crippen molar-refractivity contribution in [1.82, 2.24) is 4.98 Å². The van der Waals surface area contributed by atoms with Crippen LogP contribution in [0.5, 0.6) is 0 Å². The van der Waals surface area contributed by atoms with Crippen molar-refractivity contribution >= 4 is 16.5 Å². The Morgan fingerprint density at radius 2 is 2.17 bits per heavy atom. The molecule has 102 valence electrons. The van der Waals surface area contributed by atoms with Crippen LogP contribution in [0.1, 0.15) is 57.5 Å². The lowest BCUT2D eigenvalue weighted by Crippen LogP contribution is -2.28. The number of aromatic nitrogens is 1. The molecule has 2 rings (SSSR count). The molecule has 18 heavy (non-hydrogen) atoms. The van der Waals surface area contributed by atoms with Gasteiger partial charge in [-0.2, -0.15) is 0 Å². The van der Waals surface area contributed by atoms with Gasteiger partial charge in [0, 0.05) is 18.0 Å². The van der Waals surface area contributed by atoms with Crippen LogP contribution >= 0.6 is 11.3 Å². The molecule has 1 aromatic rings. The van der Waals surface area contributed by atoms with Gasteiger partial charge in [-0.1, -0.05) is 39.0 Å². The molecule has 0 aromatic carbocycles. The van der Waals surface area contributed by atoms with E-state index in [1.165, 1.54) is 19.3 Å². The van der Waals surface area contributed by atoms with Gasteiger partial charge in [0.2, 0.25) is 0 Å². The summed E-state index contributed by atoms with van der Waals surface area (Å²) < 4.78 is 0. The van der Waals surface area contributed by atoms with E-state index in [9.17, 15) is 5.11 Å². The number of nitrogens with zero attached hydrogens (tertiary/aromatic N) is 2. The molecule has 3 nitrogen and oxygen atoms in total. The van der Waals surface area contributed by atoms with Crippen LogP contribution < -0.4 is 4.90 Å². The summed E-state index contributed by atoms with van der Waals surface area (Å²) in [5.41, 5.74) is 1.07. The highest BCUT2D eigenvalue weighted by Crippen LogP contribution is 2.37. The lowest BCUT2D eigenvalue weighted by atomic mass is 9.91. The number of thiazole rings is 1. The van der Waals surface area contributed by atoms with Crippen LogP contribution in [0, 0.1) is 0 Å². The largest absolute Gasteiger partial charge is 0.391 e. The number of hydrogen-bond acceptors (Lipinski definition) is 4. The van der Waals surface area contributed by atoms with Crippen molar-refractivity contribution in [3.8, 4) is 0 Å². The van der Waals surface area contributed by atoms with Gasteiger partial charge < -0.3 is 10.0 Å². The maximum absolute atomic E-state index is 9.51. The number of anilines is 1. The average molecular weight is 268 g/mol. The Hall–Kier alpha value is -0.610. The Morgan fingerprint density at radius 1 is 1.44 bits per heavy atom. The van der Waals surface area contributed by atoms with E-state index >= 15 is 0 Å². The van der Waals surface area contributed by atoms with Gasteiger partial charge in [0.1, 0.15) is 0 Å². The number of hydrogen-bond donors (Lipinski definition) is 1. The highest BCUT2D eigenvalue weighted by Gasteiger charge is 2.29. The van der Waals surface area contributed by atoms with E-state index in [0.29, 0.717) is 6.04 Å². The summed E-state index contributed by atoms with van der Waals surface area (Å²) in [5, 5.41) is 10.6. The molecule has 0 amide bonds. The Morgan fingerprint density at radius 3 is 2.67 bits per heavy atom. The fraction of sp³-hybridized carbons (Fsp3) is 0.786. The van der Waals surface area contributed by atoms with Crippen LogP contribution in [0.4, 0.5) is 5.13 Å². The van der Waals surface area contributed by atoms with Crippen molar-refractivity contribution in [2.24, 2.45) is 0 Å². The molecule has 1 atom stereocenters. The van der Waals surface area contributed by atoms with Crippen LogP contribution in [0.3, 0.4) is 0 Å². The standard InChI is InChI=1S/C14H24N2OS/c1-5-10-7-6-8-16(10)13-15-12(14(2,3)4)11(9-17)18-13/h10,17H,5-9H2,1-4H3. The summed E-state index contributed by atoms with van der Waals surface area (Å²) in [6.45, 7) is 9.94. The minimum absolute atomic E-state index is 0.00818. The van der Waals surface area contributed by atoms with Gasteiger partial charge in [-0.05, 0) is 19.3 Å². The predicted molar refractivity (Wildman–Crippen MR) is 77.4 cm³/mol. The first-order valence-electron chi connectivity index (χ1n) is 6.85. The fourth-order valence-corrected chi connectivity index (χ4v) is 3.90. The van der Waals surface area contributed by atoms with E-state index in [4.69, 9.17) is 4.98 Å². The fourth-order valence-electron chi connectivity index (χ4n) is 2.67. The number of aliphatic hydroxyl groups excluding tert-OH is 1. The molecule has 1 N–H and O–H groups in total. The van der Waals surface area contributed by atoms with Gasteiger partial charge in [0.05, 0.1) is 17.2 Å². The summed E-state index contributed by atoms with van der Waals surface area (Å²) in [6, 6.07) is 0.635. The van der Waals surface area contributed by atoms with Crippen LogP contribution in [-0.2, 0) is 12.0 Å². The summed E-state index contributed by atoms with van der Waals surface area (Å²) in [5.74, 6) is 0. The number of rotatable bonds is 3. The van der Waals surface area contributed by atoms with Crippen LogP contribution in [-0.4, -0.2) is 22.7 Å². The Labute approximate surface area is 114 Å². The topological polar surface area (TPSA) is 36.4 Å². The smallest absolute Gasteiger partial charge is 0.186 e. The van der Waals surface area contributed by atoms with E-state index in [2.05, 4.69) is 32.6 Å². The zero-order chi connectivity index (χ0) is 13.3. The van der Waals surface area contributed by atoms with Crippen LogP contribution in [0.15, 0.2) is 0 Å². The average Bonchev–Trinajstić information content (AvgIpc) is 2.93. The zero-order valence-corrected chi connectivity index (χ0v) is 12.7. The third kappa shape index (κ3) is 2.54. The molecule has 2 heterocycles. The van der Waals surface area contributed by atoms with Gasteiger partial charge in [0.15, 0.2) is 5.13 Å². The molecule has 1 aromatic heterocycles. The maximum Gasteiger partial charge on any atom is 0.186 e. The molecule has 1 unspecified atom stereocenters. The molecule has 0 bridgehead atoms. The van der Waals surface area contributed by atoms with E-state index in [1.54, 1.807) is 11.3 Å². The molecule has 1 aliphatic heterocycles.